The first kappa shape index (κ1) is 22.6. The molecule has 0 fully saturated rings. The van der Waals surface area contributed by atoms with Crippen molar-refractivity contribution in [1.29, 1.82) is 0 Å². The molecule has 0 aromatic carbocycles. The van der Waals surface area contributed by atoms with E-state index in [9.17, 15) is 13.2 Å². The number of nitrogens with zero attached hydrogens (tertiary/aromatic N) is 1. The monoisotopic (exact) mass is 385 g/mol. The van der Waals surface area contributed by atoms with Crippen molar-refractivity contribution in [2.24, 2.45) is 11.8 Å². The van der Waals surface area contributed by atoms with Crippen molar-refractivity contribution in [3.05, 3.63) is 30.1 Å². The van der Waals surface area contributed by atoms with Gasteiger partial charge in [0, 0.05) is 12.4 Å². The molecule has 0 aliphatic heterocycles. The summed E-state index contributed by atoms with van der Waals surface area (Å²) in [6.07, 6.45) is 11.0. The summed E-state index contributed by atoms with van der Waals surface area (Å²) in [7, 11) is -1.95. The number of hydrogen-bond donors (Lipinski definition) is 0. The maximum absolute atomic E-state index is 11.7. The van der Waals surface area contributed by atoms with E-state index >= 15 is 0 Å². The Morgan fingerprint density at radius 1 is 1.23 bits per heavy atom. The third-order valence-corrected chi connectivity index (χ3v) is 4.99. The summed E-state index contributed by atoms with van der Waals surface area (Å²) < 4.78 is 31.6. The van der Waals surface area contributed by atoms with Gasteiger partial charge in [0.2, 0.25) is 0 Å². The minimum atomic E-state index is -3.37. The largest absolute Gasteiger partial charge is 0.469 e. The van der Waals surface area contributed by atoms with Crippen LogP contribution < -0.4 is 0 Å². The Bertz CT molecular complexity index is 618. The third-order valence-electron chi connectivity index (χ3n) is 4.40. The van der Waals surface area contributed by atoms with Gasteiger partial charge < -0.3 is 4.74 Å². The van der Waals surface area contributed by atoms with Crippen LogP contribution in [0, 0.1) is 11.8 Å². The molecular formula is C19H31NO5S. The fourth-order valence-electron chi connectivity index (χ4n) is 3.06. The number of pyridine rings is 1. The lowest BCUT2D eigenvalue weighted by Gasteiger charge is -2.20. The highest BCUT2D eigenvalue weighted by Gasteiger charge is 2.19. The Morgan fingerprint density at radius 3 is 2.58 bits per heavy atom. The van der Waals surface area contributed by atoms with Crippen molar-refractivity contribution in [2.75, 3.05) is 20.0 Å². The first-order valence-corrected chi connectivity index (χ1v) is 10.9. The third kappa shape index (κ3) is 10.5. The molecule has 148 valence electrons. The molecule has 0 saturated carbocycles. The number of aryl methyl sites for hydroxylation is 1. The second-order valence-electron chi connectivity index (χ2n) is 6.80. The van der Waals surface area contributed by atoms with Crippen LogP contribution in [0.25, 0.3) is 0 Å². The molecule has 26 heavy (non-hydrogen) atoms. The van der Waals surface area contributed by atoms with Crippen LogP contribution in [0.2, 0.25) is 0 Å². The maximum atomic E-state index is 11.7. The number of methoxy groups -OCH3 is 1. The van der Waals surface area contributed by atoms with Crippen molar-refractivity contribution < 1.29 is 22.1 Å². The van der Waals surface area contributed by atoms with E-state index < -0.39 is 10.1 Å². The number of hydrogen-bond acceptors (Lipinski definition) is 6. The van der Waals surface area contributed by atoms with E-state index in [1.807, 2.05) is 19.2 Å². The van der Waals surface area contributed by atoms with Crippen LogP contribution in [0.4, 0.5) is 0 Å². The summed E-state index contributed by atoms with van der Waals surface area (Å²) in [5, 5.41) is 0. The average molecular weight is 386 g/mol. The quantitative estimate of drug-likeness (QED) is 0.294. The Hall–Kier alpha value is -1.47. The highest BCUT2D eigenvalue weighted by molar-refractivity contribution is 7.85. The molecule has 1 heterocycles. The van der Waals surface area contributed by atoms with E-state index in [0.29, 0.717) is 12.3 Å². The van der Waals surface area contributed by atoms with Crippen LogP contribution in [-0.4, -0.2) is 39.3 Å². The molecule has 7 heteroatoms. The van der Waals surface area contributed by atoms with Gasteiger partial charge in [0.15, 0.2) is 0 Å². The maximum Gasteiger partial charge on any atom is 0.308 e. The fourth-order valence-corrected chi connectivity index (χ4v) is 3.48. The van der Waals surface area contributed by atoms with Gasteiger partial charge in [0.1, 0.15) is 0 Å². The topological polar surface area (TPSA) is 82.6 Å². The Labute approximate surface area is 157 Å². The summed E-state index contributed by atoms with van der Waals surface area (Å²) in [4.78, 5) is 15.8. The molecule has 0 bridgehead atoms. The Kier molecular flexibility index (Phi) is 10.4. The van der Waals surface area contributed by atoms with Gasteiger partial charge in [-0.25, -0.2) is 0 Å². The van der Waals surface area contributed by atoms with Gasteiger partial charge in [-0.2, -0.15) is 8.42 Å². The minimum Gasteiger partial charge on any atom is -0.469 e. The van der Waals surface area contributed by atoms with Crippen molar-refractivity contribution in [3.8, 4) is 0 Å². The van der Waals surface area contributed by atoms with Crippen LogP contribution in [-0.2, 0) is 30.3 Å². The normalized spacial score (nSPS) is 14.0. The molecule has 0 N–H and O–H groups in total. The lowest BCUT2D eigenvalue weighted by atomic mass is 9.87. The van der Waals surface area contributed by atoms with Crippen molar-refractivity contribution in [1.82, 2.24) is 4.98 Å². The van der Waals surface area contributed by atoms with Gasteiger partial charge in [-0.15, -0.1) is 0 Å². The second kappa shape index (κ2) is 12.0. The van der Waals surface area contributed by atoms with E-state index in [1.165, 1.54) is 12.7 Å². The van der Waals surface area contributed by atoms with E-state index in [4.69, 9.17) is 8.92 Å². The molecule has 6 nitrogen and oxygen atoms in total. The molecule has 0 radical (unpaired) electrons. The van der Waals surface area contributed by atoms with Gasteiger partial charge in [0.05, 0.1) is 25.9 Å². The standard InChI is InChI=1S/C19H31NO5S/c1-16(19(21)24-2)14-17(8-4-5-13-25-26(3,22)23)9-6-10-18-11-7-12-20-15-18/h7,11-12,15-17H,4-6,8-10,13-14H2,1-3H3. The zero-order valence-electron chi connectivity index (χ0n) is 16.0. The molecule has 1 rings (SSSR count). The molecule has 0 saturated heterocycles. The summed E-state index contributed by atoms with van der Waals surface area (Å²) >= 11 is 0. The molecule has 0 aliphatic rings. The smallest absolute Gasteiger partial charge is 0.308 e. The summed E-state index contributed by atoms with van der Waals surface area (Å²) in [6, 6.07) is 4.01. The summed E-state index contributed by atoms with van der Waals surface area (Å²) in [5.74, 6) is 0.0948. The molecule has 0 amide bonds. The molecular weight excluding hydrogens is 354 g/mol. The van der Waals surface area contributed by atoms with E-state index in [0.717, 1.165) is 44.8 Å². The second-order valence-corrected chi connectivity index (χ2v) is 8.45. The SMILES string of the molecule is COC(=O)C(C)CC(CCCCOS(C)(=O)=O)CCCc1cccnc1. The van der Waals surface area contributed by atoms with Gasteiger partial charge in [-0.3, -0.25) is 14.0 Å². The predicted molar refractivity (Wildman–Crippen MR) is 101 cm³/mol. The van der Waals surface area contributed by atoms with Gasteiger partial charge >= 0.3 is 5.97 Å². The van der Waals surface area contributed by atoms with Crippen LogP contribution in [0.1, 0.15) is 51.0 Å². The number of unbranched alkanes of at least 4 members (excludes halogenated alkanes) is 1. The molecule has 2 atom stereocenters. The van der Waals surface area contributed by atoms with Crippen LogP contribution >= 0.6 is 0 Å². The average Bonchev–Trinajstić information content (AvgIpc) is 2.60. The highest BCUT2D eigenvalue weighted by Crippen LogP contribution is 2.25. The molecule has 2 unspecified atom stereocenters. The molecule has 0 spiro atoms. The van der Waals surface area contributed by atoms with E-state index in [2.05, 4.69) is 11.1 Å². The van der Waals surface area contributed by atoms with Crippen LogP contribution in [0.5, 0.6) is 0 Å². The zero-order valence-corrected chi connectivity index (χ0v) is 16.8. The minimum absolute atomic E-state index is 0.129. The van der Waals surface area contributed by atoms with E-state index in [-0.39, 0.29) is 18.5 Å². The lowest BCUT2D eigenvalue weighted by Crippen LogP contribution is -2.17. The summed E-state index contributed by atoms with van der Waals surface area (Å²) in [5.41, 5.74) is 1.22. The van der Waals surface area contributed by atoms with Gasteiger partial charge in [-0.1, -0.05) is 32.3 Å². The number of carbonyl (C=O) groups is 1. The van der Waals surface area contributed by atoms with E-state index in [1.54, 1.807) is 6.20 Å². The summed E-state index contributed by atoms with van der Waals surface area (Å²) in [6.45, 7) is 2.11. The predicted octanol–water partition coefficient (Wildman–Crippen LogP) is 3.37. The fraction of sp³-hybridized carbons (Fsp3) is 0.684. The number of esters is 1. The zero-order chi connectivity index (χ0) is 19.4. The Balaban J connectivity index is 2.43. The Morgan fingerprint density at radius 2 is 1.96 bits per heavy atom. The first-order chi connectivity index (χ1) is 12.3. The van der Waals surface area contributed by atoms with Crippen LogP contribution in [0.15, 0.2) is 24.5 Å². The number of ether oxygens (including phenoxy) is 1. The molecule has 0 aliphatic carbocycles. The number of carbonyl (C=O) groups excluding carboxylic acids is 1. The van der Waals surface area contributed by atoms with Crippen molar-refractivity contribution in [3.63, 3.8) is 0 Å². The molecule has 1 aromatic rings. The lowest BCUT2D eigenvalue weighted by molar-refractivity contribution is -0.145. The number of rotatable bonds is 13. The molecule has 1 aromatic heterocycles. The van der Waals surface area contributed by atoms with Crippen molar-refractivity contribution >= 4 is 16.1 Å². The first-order valence-electron chi connectivity index (χ1n) is 9.13. The van der Waals surface area contributed by atoms with Crippen LogP contribution in [0.3, 0.4) is 0 Å². The number of aromatic nitrogens is 1. The van der Waals surface area contributed by atoms with Gasteiger partial charge in [0.25, 0.3) is 10.1 Å². The highest BCUT2D eigenvalue weighted by atomic mass is 32.2. The van der Waals surface area contributed by atoms with Gasteiger partial charge in [-0.05, 0) is 43.2 Å². The van der Waals surface area contributed by atoms with Crippen molar-refractivity contribution in [2.45, 2.75) is 51.9 Å².